The minimum Gasteiger partial charge on any atom is -0.497 e. The molecule has 2 aromatic carbocycles. The third-order valence-electron chi connectivity index (χ3n) is 4.62. The summed E-state index contributed by atoms with van der Waals surface area (Å²) in [5.74, 6) is 0.414. The van der Waals surface area contributed by atoms with E-state index in [1.807, 2.05) is 18.2 Å². The summed E-state index contributed by atoms with van der Waals surface area (Å²) in [6, 6.07) is 11.6. The Balaban J connectivity index is 1.63. The molecule has 1 amide bonds. The number of non-ortho nitro benzene ring substituents is 1. The normalized spacial score (nSPS) is 12.0. The average molecular weight is 364 g/mol. The number of amides is 1. The van der Waals surface area contributed by atoms with E-state index in [4.69, 9.17) is 4.74 Å². The van der Waals surface area contributed by atoms with E-state index in [1.54, 1.807) is 13.2 Å². The van der Waals surface area contributed by atoms with Gasteiger partial charge in [-0.2, -0.15) is 5.10 Å². The second kappa shape index (κ2) is 6.56. The predicted octanol–water partition coefficient (Wildman–Crippen LogP) is 3.34. The number of nitro benzene ring substituents is 1. The van der Waals surface area contributed by atoms with Gasteiger partial charge in [-0.3, -0.25) is 20.0 Å². The first kappa shape index (κ1) is 16.8. The van der Waals surface area contributed by atoms with Gasteiger partial charge in [0.2, 0.25) is 0 Å². The van der Waals surface area contributed by atoms with Crippen molar-refractivity contribution in [3.63, 3.8) is 0 Å². The monoisotopic (exact) mass is 364 g/mol. The van der Waals surface area contributed by atoms with Crippen LogP contribution in [0.5, 0.6) is 5.75 Å². The lowest BCUT2D eigenvalue weighted by molar-refractivity contribution is -0.384. The van der Waals surface area contributed by atoms with Gasteiger partial charge < -0.3 is 10.1 Å². The molecule has 0 saturated heterocycles. The minimum absolute atomic E-state index is 0.0812. The third kappa shape index (κ3) is 3.01. The van der Waals surface area contributed by atoms with Gasteiger partial charge in [-0.05, 0) is 42.7 Å². The van der Waals surface area contributed by atoms with Crippen molar-refractivity contribution in [3.8, 4) is 17.0 Å². The summed E-state index contributed by atoms with van der Waals surface area (Å²) in [7, 11) is 1.63. The number of carbonyl (C=O) groups excluding carboxylic acids is 1. The second-order valence-electron chi connectivity index (χ2n) is 6.21. The van der Waals surface area contributed by atoms with Crippen LogP contribution in [0.3, 0.4) is 0 Å². The number of nitrogens with one attached hydrogen (secondary N) is 2. The summed E-state index contributed by atoms with van der Waals surface area (Å²) >= 11 is 0. The lowest BCUT2D eigenvalue weighted by Crippen LogP contribution is -2.16. The zero-order valence-corrected chi connectivity index (χ0v) is 14.5. The quantitative estimate of drug-likeness (QED) is 0.545. The number of hydrogen-bond acceptors (Lipinski definition) is 5. The fourth-order valence-corrected chi connectivity index (χ4v) is 3.30. The summed E-state index contributed by atoms with van der Waals surface area (Å²) < 4.78 is 5.26. The van der Waals surface area contributed by atoms with E-state index in [-0.39, 0.29) is 11.6 Å². The van der Waals surface area contributed by atoms with E-state index in [2.05, 4.69) is 15.5 Å². The van der Waals surface area contributed by atoms with Crippen molar-refractivity contribution < 1.29 is 14.5 Å². The van der Waals surface area contributed by atoms with Gasteiger partial charge in [-0.1, -0.05) is 6.07 Å². The maximum Gasteiger partial charge on any atom is 0.273 e. The number of nitrogens with zero attached hydrogens (tertiary/aromatic N) is 2. The highest BCUT2D eigenvalue weighted by atomic mass is 16.6. The molecule has 1 heterocycles. The molecule has 4 rings (SSSR count). The molecular formula is C19H16N4O4. The molecule has 3 aromatic rings. The first-order chi connectivity index (χ1) is 13.1. The molecule has 0 saturated carbocycles. The van der Waals surface area contributed by atoms with Crippen molar-refractivity contribution >= 4 is 17.3 Å². The van der Waals surface area contributed by atoms with Crippen LogP contribution in [-0.2, 0) is 12.8 Å². The molecule has 136 valence electrons. The number of aromatic amines is 1. The highest BCUT2D eigenvalue weighted by Gasteiger charge is 2.25. The van der Waals surface area contributed by atoms with Crippen LogP contribution in [0, 0.1) is 10.1 Å². The van der Waals surface area contributed by atoms with E-state index in [0.29, 0.717) is 17.8 Å². The number of carbonyl (C=O) groups is 1. The Morgan fingerprint density at radius 2 is 2.11 bits per heavy atom. The van der Waals surface area contributed by atoms with Crippen LogP contribution < -0.4 is 10.1 Å². The smallest absolute Gasteiger partial charge is 0.273 e. The molecule has 8 heteroatoms. The van der Waals surface area contributed by atoms with Crippen molar-refractivity contribution in [2.24, 2.45) is 0 Å². The molecule has 1 aromatic heterocycles. The Hall–Kier alpha value is -3.68. The number of H-pyrrole nitrogens is 1. The summed E-state index contributed by atoms with van der Waals surface area (Å²) in [5.41, 5.74) is 4.35. The molecule has 1 aliphatic carbocycles. The van der Waals surface area contributed by atoms with Gasteiger partial charge in [0, 0.05) is 28.9 Å². The summed E-state index contributed by atoms with van der Waals surface area (Å²) in [4.78, 5) is 23.1. The molecule has 2 N–H and O–H groups in total. The fourth-order valence-electron chi connectivity index (χ4n) is 3.30. The van der Waals surface area contributed by atoms with Crippen LogP contribution in [0.25, 0.3) is 11.3 Å². The first-order valence-corrected chi connectivity index (χ1v) is 8.37. The molecule has 0 atom stereocenters. The third-order valence-corrected chi connectivity index (χ3v) is 4.62. The molecule has 0 bridgehead atoms. The molecule has 8 nitrogen and oxygen atoms in total. The van der Waals surface area contributed by atoms with Gasteiger partial charge in [0.05, 0.1) is 17.7 Å². The molecule has 0 radical (unpaired) electrons. The van der Waals surface area contributed by atoms with E-state index >= 15 is 0 Å². The van der Waals surface area contributed by atoms with Crippen LogP contribution >= 0.6 is 0 Å². The molecular weight excluding hydrogens is 348 g/mol. The van der Waals surface area contributed by atoms with Crippen molar-refractivity contribution in [1.82, 2.24) is 10.2 Å². The number of rotatable bonds is 4. The Kier molecular flexibility index (Phi) is 4.08. The van der Waals surface area contributed by atoms with Gasteiger partial charge in [0.25, 0.3) is 11.6 Å². The number of aromatic nitrogens is 2. The number of benzene rings is 2. The average Bonchev–Trinajstić information content (AvgIpc) is 3.12. The van der Waals surface area contributed by atoms with Crippen molar-refractivity contribution in [3.05, 3.63) is 69.4 Å². The zero-order chi connectivity index (χ0) is 19.0. The Morgan fingerprint density at radius 1 is 1.26 bits per heavy atom. The molecule has 0 unspecified atom stereocenters. The molecule has 27 heavy (non-hydrogen) atoms. The standard InChI is InChI=1S/C19H16N4O4/c1-27-14-6-8-15-11(9-14)5-7-16-17(15)21-22-18(16)19(24)20-12-3-2-4-13(10-12)23(25)26/h2-4,6,8-10H,5,7H2,1H3,(H,20,24)(H,21,22). The van der Waals surface area contributed by atoms with E-state index in [9.17, 15) is 14.9 Å². The van der Waals surface area contributed by atoms with Gasteiger partial charge in [-0.25, -0.2) is 0 Å². The number of nitro groups is 1. The van der Waals surface area contributed by atoms with Crippen LogP contribution in [0.1, 0.15) is 21.6 Å². The fraction of sp³-hybridized carbons (Fsp3) is 0.158. The number of aryl methyl sites for hydroxylation is 1. The molecule has 0 fully saturated rings. The summed E-state index contributed by atoms with van der Waals surface area (Å²) in [5, 5.41) is 20.7. The number of methoxy groups -OCH3 is 1. The van der Waals surface area contributed by atoms with Crippen molar-refractivity contribution in [1.29, 1.82) is 0 Å². The highest BCUT2D eigenvalue weighted by molar-refractivity contribution is 6.05. The summed E-state index contributed by atoms with van der Waals surface area (Å²) in [6.07, 6.45) is 1.44. The number of ether oxygens (including phenoxy) is 1. The van der Waals surface area contributed by atoms with Gasteiger partial charge in [-0.15, -0.1) is 0 Å². The number of anilines is 1. The lowest BCUT2D eigenvalue weighted by Gasteiger charge is -2.17. The summed E-state index contributed by atoms with van der Waals surface area (Å²) in [6.45, 7) is 0. The van der Waals surface area contributed by atoms with Crippen LogP contribution in [0.2, 0.25) is 0 Å². The topological polar surface area (TPSA) is 110 Å². The second-order valence-corrected chi connectivity index (χ2v) is 6.21. The van der Waals surface area contributed by atoms with Crippen LogP contribution in [-0.4, -0.2) is 28.1 Å². The number of fused-ring (bicyclic) bond motifs is 3. The lowest BCUT2D eigenvalue weighted by atomic mass is 9.89. The highest BCUT2D eigenvalue weighted by Crippen LogP contribution is 2.35. The van der Waals surface area contributed by atoms with Gasteiger partial charge in [0.1, 0.15) is 11.4 Å². The van der Waals surface area contributed by atoms with Crippen LogP contribution in [0.15, 0.2) is 42.5 Å². The maximum atomic E-state index is 12.7. The Labute approximate surface area is 154 Å². The van der Waals surface area contributed by atoms with Gasteiger partial charge >= 0.3 is 0 Å². The van der Waals surface area contributed by atoms with Gasteiger partial charge in [0.15, 0.2) is 0 Å². The Bertz CT molecular complexity index is 1060. The van der Waals surface area contributed by atoms with Crippen molar-refractivity contribution in [2.75, 3.05) is 12.4 Å². The van der Waals surface area contributed by atoms with E-state index < -0.39 is 4.92 Å². The number of hydrogen-bond donors (Lipinski definition) is 2. The molecule has 0 aliphatic heterocycles. The first-order valence-electron chi connectivity index (χ1n) is 8.37. The van der Waals surface area contributed by atoms with Crippen molar-refractivity contribution in [2.45, 2.75) is 12.8 Å². The Morgan fingerprint density at radius 3 is 2.89 bits per heavy atom. The zero-order valence-electron chi connectivity index (χ0n) is 14.5. The molecule has 0 spiro atoms. The van der Waals surface area contributed by atoms with E-state index in [0.717, 1.165) is 34.6 Å². The van der Waals surface area contributed by atoms with Crippen LogP contribution in [0.4, 0.5) is 11.4 Å². The SMILES string of the molecule is COc1ccc2c(c1)CCc1c-2n[nH]c1C(=O)Nc1cccc([N+](=O)[O-])c1. The maximum absolute atomic E-state index is 12.7. The molecule has 1 aliphatic rings. The predicted molar refractivity (Wildman–Crippen MR) is 99.0 cm³/mol. The van der Waals surface area contributed by atoms with E-state index in [1.165, 1.54) is 18.2 Å². The minimum atomic E-state index is -0.501. The largest absolute Gasteiger partial charge is 0.497 e.